The van der Waals surface area contributed by atoms with Crippen molar-refractivity contribution in [3.05, 3.63) is 87.9 Å². The lowest BCUT2D eigenvalue weighted by molar-refractivity contribution is -0.141. The number of ether oxygens (including phenoxy) is 2. The van der Waals surface area contributed by atoms with Crippen LogP contribution in [0.1, 0.15) is 37.3 Å². The van der Waals surface area contributed by atoms with E-state index in [1.807, 2.05) is 37.3 Å². The van der Waals surface area contributed by atoms with Crippen molar-refractivity contribution in [2.24, 2.45) is 0 Å². The van der Waals surface area contributed by atoms with Crippen LogP contribution in [0.2, 0.25) is 10.0 Å². The van der Waals surface area contributed by atoms with Crippen molar-refractivity contribution in [3.63, 3.8) is 0 Å². The molecule has 1 N–H and O–H groups in total. The van der Waals surface area contributed by atoms with Gasteiger partial charge in [-0.1, -0.05) is 66.5 Å². The predicted octanol–water partition coefficient (Wildman–Crippen LogP) is 5.43. The minimum Gasteiger partial charge on any atom is -0.454 e. The normalized spacial score (nSPS) is 12.9. The third-order valence-corrected chi connectivity index (χ3v) is 8.91. The van der Waals surface area contributed by atoms with Crippen LogP contribution in [0.15, 0.2) is 66.7 Å². The summed E-state index contributed by atoms with van der Waals surface area (Å²) in [4.78, 5) is 29.0. The number of rotatable bonds is 14. The smallest absolute Gasteiger partial charge is 0.243 e. The third-order valence-electron chi connectivity index (χ3n) is 7.01. The Morgan fingerprint density at radius 1 is 0.977 bits per heavy atom. The van der Waals surface area contributed by atoms with Gasteiger partial charge in [-0.3, -0.25) is 13.9 Å². The molecule has 3 aromatic carbocycles. The maximum Gasteiger partial charge on any atom is 0.243 e. The number of nitrogens with one attached hydrogen (secondary N) is 1. The summed E-state index contributed by atoms with van der Waals surface area (Å²) in [6.07, 6.45) is 2.29. The van der Waals surface area contributed by atoms with Crippen molar-refractivity contribution in [1.29, 1.82) is 0 Å². The number of carbonyl (C=O) groups excluding carboxylic acids is 2. The van der Waals surface area contributed by atoms with E-state index in [1.165, 1.54) is 9.21 Å². The van der Waals surface area contributed by atoms with E-state index in [1.54, 1.807) is 36.4 Å². The molecule has 0 spiro atoms. The second-order valence-corrected chi connectivity index (χ2v) is 12.9. The zero-order valence-electron chi connectivity index (χ0n) is 24.1. The van der Waals surface area contributed by atoms with E-state index in [9.17, 15) is 18.0 Å². The average Bonchev–Trinajstić information content (AvgIpc) is 3.45. The highest BCUT2D eigenvalue weighted by Gasteiger charge is 2.31. The van der Waals surface area contributed by atoms with E-state index in [-0.39, 0.29) is 51.0 Å². The zero-order valence-corrected chi connectivity index (χ0v) is 26.4. The van der Waals surface area contributed by atoms with E-state index in [0.717, 1.165) is 18.2 Å². The van der Waals surface area contributed by atoms with E-state index in [0.29, 0.717) is 39.3 Å². The van der Waals surface area contributed by atoms with Gasteiger partial charge in [0.25, 0.3) is 0 Å². The van der Waals surface area contributed by atoms with Gasteiger partial charge in [-0.25, -0.2) is 8.42 Å². The summed E-state index contributed by atoms with van der Waals surface area (Å²) in [6.45, 7) is 2.51. The fourth-order valence-electron chi connectivity index (χ4n) is 4.82. The summed E-state index contributed by atoms with van der Waals surface area (Å²) in [7, 11) is -3.68. The number of sulfonamides is 1. The van der Waals surface area contributed by atoms with E-state index >= 15 is 0 Å². The number of anilines is 1. The van der Waals surface area contributed by atoms with Gasteiger partial charge in [0.2, 0.25) is 28.6 Å². The molecule has 12 heteroatoms. The molecule has 0 unspecified atom stereocenters. The molecule has 0 aliphatic carbocycles. The summed E-state index contributed by atoms with van der Waals surface area (Å²) in [5.41, 5.74) is 1.81. The van der Waals surface area contributed by atoms with Gasteiger partial charge >= 0.3 is 0 Å². The maximum atomic E-state index is 14.0. The number of hydrogen-bond donors (Lipinski definition) is 1. The summed E-state index contributed by atoms with van der Waals surface area (Å²) in [6, 6.07) is 18.6. The molecule has 0 saturated carbocycles. The van der Waals surface area contributed by atoms with E-state index in [2.05, 4.69) is 5.32 Å². The topological polar surface area (TPSA) is 105 Å². The van der Waals surface area contributed by atoms with Crippen LogP contribution < -0.4 is 19.1 Å². The lowest BCUT2D eigenvalue weighted by atomic mass is 10.0. The Morgan fingerprint density at radius 3 is 2.35 bits per heavy atom. The molecule has 1 aliphatic heterocycles. The Kier molecular flexibility index (Phi) is 11.2. The van der Waals surface area contributed by atoms with Gasteiger partial charge in [0.05, 0.1) is 11.9 Å². The first kappa shape index (κ1) is 32.4. The van der Waals surface area contributed by atoms with Gasteiger partial charge < -0.3 is 19.7 Å². The molecular formula is C31H35Cl2N3O6S. The highest BCUT2D eigenvalue weighted by molar-refractivity contribution is 7.92. The molecule has 9 nitrogen and oxygen atoms in total. The van der Waals surface area contributed by atoms with Crippen LogP contribution in [-0.2, 0) is 32.6 Å². The van der Waals surface area contributed by atoms with Crippen LogP contribution in [0, 0.1) is 0 Å². The van der Waals surface area contributed by atoms with E-state index in [4.69, 9.17) is 32.7 Å². The fraction of sp³-hybridized carbons (Fsp3) is 0.355. The number of amides is 2. The summed E-state index contributed by atoms with van der Waals surface area (Å²) in [5, 5.41) is 3.69. The monoisotopic (exact) mass is 647 g/mol. The molecule has 2 amide bonds. The SMILES string of the molecule is CCCNC(=O)[C@@H](Cc1ccccc1)N(Cc1c(Cl)cccc1Cl)C(=O)CCCN(c1ccc2c(c1)OCO2)S(C)(=O)=O. The number of carbonyl (C=O) groups is 2. The van der Waals surface area contributed by atoms with Crippen LogP contribution >= 0.6 is 23.2 Å². The minimum absolute atomic E-state index is 0.00629. The molecule has 230 valence electrons. The van der Waals surface area contributed by atoms with Crippen LogP contribution in [-0.4, -0.2) is 57.3 Å². The quantitative estimate of drug-likeness (QED) is 0.250. The molecule has 1 atom stereocenters. The Labute approximate surface area is 262 Å². The first-order valence-corrected chi connectivity index (χ1v) is 16.6. The number of halogens is 2. The molecule has 4 rings (SSSR count). The Balaban J connectivity index is 1.60. The molecule has 1 aliphatic rings. The molecule has 3 aromatic rings. The number of benzene rings is 3. The van der Waals surface area contributed by atoms with Gasteiger partial charge in [-0.2, -0.15) is 0 Å². The van der Waals surface area contributed by atoms with Crippen LogP contribution in [0.4, 0.5) is 5.69 Å². The molecular weight excluding hydrogens is 613 g/mol. The predicted molar refractivity (Wildman–Crippen MR) is 168 cm³/mol. The second-order valence-electron chi connectivity index (χ2n) is 10.2. The number of fused-ring (bicyclic) bond motifs is 1. The molecule has 43 heavy (non-hydrogen) atoms. The molecule has 0 fully saturated rings. The first-order chi connectivity index (χ1) is 20.6. The third kappa shape index (κ3) is 8.55. The highest BCUT2D eigenvalue weighted by Crippen LogP contribution is 2.36. The van der Waals surface area contributed by atoms with Crippen LogP contribution in [0.3, 0.4) is 0 Å². The Hall–Kier alpha value is -3.47. The Morgan fingerprint density at radius 2 is 1.67 bits per heavy atom. The minimum atomic E-state index is -3.68. The lowest BCUT2D eigenvalue weighted by Gasteiger charge is -2.32. The van der Waals surface area contributed by atoms with Gasteiger partial charge in [0.1, 0.15) is 6.04 Å². The zero-order chi connectivity index (χ0) is 31.0. The molecule has 0 radical (unpaired) electrons. The van der Waals surface area contributed by atoms with Crippen molar-refractivity contribution >= 4 is 50.7 Å². The average molecular weight is 649 g/mol. The first-order valence-electron chi connectivity index (χ1n) is 14.0. The molecule has 1 heterocycles. The standard InChI is InChI=1S/C31H35Cl2N3O6S/c1-3-16-34-31(38)27(18-22-9-5-4-6-10-22)35(20-24-25(32)11-7-12-26(24)33)30(37)13-8-17-36(43(2,39)40)23-14-15-28-29(19-23)42-21-41-28/h4-7,9-12,14-15,19,27H,3,8,13,16-18,20-21H2,1-2H3,(H,34,38)/t27-/m1/s1. The molecule has 0 bridgehead atoms. The molecule has 0 aromatic heterocycles. The second kappa shape index (κ2) is 14.8. The van der Waals surface area contributed by atoms with Crippen molar-refractivity contribution < 1.29 is 27.5 Å². The van der Waals surface area contributed by atoms with Crippen LogP contribution in [0.5, 0.6) is 11.5 Å². The Bertz CT molecular complexity index is 1520. The largest absolute Gasteiger partial charge is 0.454 e. The van der Waals surface area contributed by atoms with Gasteiger partial charge in [0.15, 0.2) is 11.5 Å². The van der Waals surface area contributed by atoms with Crippen molar-refractivity contribution in [2.45, 2.75) is 45.2 Å². The summed E-state index contributed by atoms with van der Waals surface area (Å²) >= 11 is 13.0. The maximum absolute atomic E-state index is 14.0. The van der Waals surface area contributed by atoms with Crippen molar-refractivity contribution in [1.82, 2.24) is 10.2 Å². The highest BCUT2D eigenvalue weighted by atomic mass is 35.5. The van der Waals surface area contributed by atoms with Gasteiger partial charge in [0, 0.05) is 54.2 Å². The van der Waals surface area contributed by atoms with Gasteiger partial charge in [-0.05, 0) is 42.7 Å². The lowest BCUT2D eigenvalue weighted by Crippen LogP contribution is -2.50. The van der Waals surface area contributed by atoms with Crippen LogP contribution in [0.25, 0.3) is 0 Å². The number of hydrogen-bond acceptors (Lipinski definition) is 6. The molecule has 0 saturated heterocycles. The summed E-state index contributed by atoms with van der Waals surface area (Å²) < 4.78 is 37.5. The summed E-state index contributed by atoms with van der Waals surface area (Å²) in [5.74, 6) is 0.363. The van der Waals surface area contributed by atoms with E-state index < -0.39 is 16.1 Å². The van der Waals surface area contributed by atoms with Crippen molar-refractivity contribution in [3.8, 4) is 11.5 Å². The van der Waals surface area contributed by atoms with Gasteiger partial charge in [-0.15, -0.1) is 0 Å². The van der Waals surface area contributed by atoms with Crippen molar-refractivity contribution in [2.75, 3.05) is 30.4 Å². The number of nitrogens with zero attached hydrogens (tertiary/aromatic N) is 2. The fourth-order valence-corrected chi connectivity index (χ4v) is 6.29.